The lowest BCUT2D eigenvalue weighted by atomic mass is 10.1. The molecule has 2 saturated carbocycles. The van der Waals surface area contributed by atoms with E-state index in [1.54, 1.807) is 0 Å². The number of carbonyl (C=O) groups is 2. The highest BCUT2D eigenvalue weighted by atomic mass is 32.1. The first-order valence-corrected chi connectivity index (χ1v) is 9.74. The highest BCUT2D eigenvalue weighted by molar-refractivity contribution is 7.15. The Kier molecular flexibility index (Phi) is 4.83. The van der Waals surface area contributed by atoms with Crippen LogP contribution in [-0.4, -0.2) is 34.2 Å². The molecule has 0 spiro atoms. The molecule has 8 heteroatoms. The molecule has 26 heavy (non-hydrogen) atoms. The van der Waals surface area contributed by atoms with Gasteiger partial charge in [0.2, 0.25) is 11.0 Å². The van der Waals surface area contributed by atoms with Crippen molar-refractivity contribution in [3.8, 4) is 0 Å². The molecule has 3 N–H and O–H groups in total. The van der Waals surface area contributed by atoms with Crippen molar-refractivity contribution in [1.29, 1.82) is 0 Å². The standard InChI is InChI=1S/C18H21N5O2S/c24-15(19-13-8-9-13)14(10-11-4-2-1-3-5-11)20-17(25)21-18-23-22-16(26-18)12-6-7-12/h1-5,12-14H,6-10H2,(H,19,24)(H2,20,21,23,25)/t14-/m0/s1. The lowest BCUT2D eigenvalue weighted by Crippen LogP contribution is -2.49. The molecule has 1 aromatic carbocycles. The van der Waals surface area contributed by atoms with E-state index in [0.29, 0.717) is 17.5 Å². The molecule has 0 aliphatic heterocycles. The van der Waals surface area contributed by atoms with E-state index in [1.807, 2.05) is 30.3 Å². The summed E-state index contributed by atoms with van der Waals surface area (Å²) in [4.78, 5) is 24.9. The zero-order valence-corrected chi connectivity index (χ0v) is 15.1. The molecular weight excluding hydrogens is 350 g/mol. The van der Waals surface area contributed by atoms with Crippen LogP contribution in [0.2, 0.25) is 0 Å². The van der Waals surface area contributed by atoms with Gasteiger partial charge in [-0.2, -0.15) is 0 Å². The summed E-state index contributed by atoms with van der Waals surface area (Å²) < 4.78 is 0. The van der Waals surface area contributed by atoms with Crippen LogP contribution >= 0.6 is 11.3 Å². The van der Waals surface area contributed by atoms with Crippen molar-refractivity contribution in [1.82, 2.24) is 20.8 Å². The van der Waals surface area contributed by atoms with Gasteiger partial charge in [-0.15, -0.1) is 10.2 Å². The van der Waals surface area contributed by atoms with Crippen LogP contribution in [0.3, 0.4) is 0 Å². The molecular formula is C18H21N5O2S. The number of urea groups is 1. The van der Waals surface area contributed by atoms with Crippen molar-refractivity contribution >= 4 is 28.4 Å². The topological polar surface area (TPSA) is 96.0 Å². The maximum Gasteiger partial charge on any atom is 0.321 e. The van der Waals surface area contributed by atoms with Gasteiger partial charge < -0.3 is 10.6 Å². The van der Waals surface area contributed by atoms with Gasteiger partial charge in [-0.05, 0) is 31.2 Å². The highest BCUT2D eigenvalue weighted by Gasteiger charge is 2.30. The number of hydrogen-bond acceptors (Lipinski definition) is 5. The molecule has 0 saturated heterocycles. The van der Waals surface area contributed by atoms with E-state index >= 15 is 0 Å². The number of anilines is 1. The van der Waals surface area contributed by atoms with E-state index in [9.17, 15) is 9.59 Å². The van der Waals surface area contributed by atoms with Gasteiger partial charge in [0.1, 0.15) is 11.0 Å². The van der Waals surface area contributed by atoms with Gasteiger partial charge in [0.15, 0.2) is 0 Å². The predicted molar refractivity (Wildman–Crippen MR) is 99.1 cm³/mol. The molecule has 0 unspecified atom stereocenters. The summed E-state index contributed by atoms with van der Waals surface area (Å²) in [6.07, 6.45) is 4.73. The van der Waals surface area contributed by atoms with Gasteiger partial charge in [-0.25, -0.2) is 4.79 Å². The summed E-state index contributed by atoms with van der Waals surface area (Å²) in [6, 6.07) is 8.85. The molecule has 1 aromatic heterocycles. The maximum atomic E-state index is 12.5. The second-order valence-electron chi connectivity index (χ2n) is 6.84. The number of carbonyl (C=O) groups excluding carboxylic acids is 2. The predicted octanol–water partition coefficient (Wildman–Crippen LogP) is 2.43. The first kappa shape index (κ1) is 17.0. The van der Waals surface area contributed by atoms with Gasteiger partial charge >= 0.3 is 6.03 Å². The van der Waals surface area contributed by atoms with Crippen LogP contribution in [0.1, 0.15) is 42.2 Å². The Morgan fingerprint density at radius 1 is 1.12 bits per heavy atom. The third kappa shape index (κ3) is 4.57. The molecule has 4 rings (SSSR count). The van der Waals surface area contributed by atoms with Gasteiger partial charge in [0.25, 0.3) is 0 Å². The average molecular weight is 371 g/mol. The maximum absolute atomic E-state index is 12.5. The first-order chi connectivity index (χ1) is 12.7. The summed E-state index contributed by atoms with van der Waals surface area (Å²) in [5.74, 6) is 0.351. The van der Waals surface area contributed by atoms with Gasteiger partial charge in [0.05, 0.1) is 0 Å². The van der Waals surface area contributed by atoms with Crippen molar-refractivity contribution in [2.45, 2.75) is 50.1 Å². The molecule has 2 fully saturated rings. The number of amides is 3. The Balaban J connectivity index is 1.38. The normalized spacial score (nSPS) is 17.4. The number of hydrogen-bond donors (Lipinski definition) is 3. The highest BCUT2D eigenvalue weighted by Crippen LogP contribution is 2.42. The van der Waals surface area contributed by atoms with Crippen LogP contribution in [0.5, 0.6) is 0 Å². The largest absolute Gasteiger partial charge is 0.352 e. The van der Waals surface area contributed by atoms with E-state index < -0.39 is 12.1 Å². The van der Waals surface area contributed by atoms with Crippen molar-refractivity contribution in [2.24, 2.45) is 0 Å². The Labute approximate surface area is 155 Å². The average Bonchev–Trinajstić information content (AvgIpc) is 3.56. The third-order valence-electron chi connectivity index (χ3n) is 4.42. The van der Waals surface area contributed by atoms with Gasteiger partial charge in [-0.3, -0.25) is 10.1 Å². The molecule has 1 heterocycles. The molecule has 0 radical (unpaired) electrons. The van der Waals surface area contributed by atoms with Gasteiger partial charge in [-0.1, -0.05) is 41.7 Å². The zero-order chi connectivity index (χ0) is 17.9. The van der Waals surface area contributed by atoms with E-state index in [-0.39, 0.29) is 11.9 Å². The fourth-order valence-corrected chi connectivity index (χ4v) is 3.57. The van der Waals surface area contributed by atoms with E-state index in [4.69, 9.17) is 0 Å². The SMILES string of the molecule is O=C(Nc1nnc(C2CC2)s1)N[C@@H](Cc1ccccc1)C(=O)NC1CC1. The Bertz CT molecular complexity index is 786. The van der Waals surface area contributed by atoms with Crippen LogP contribution in [0.15, 0.2) is 30.3 Å². The van der Waals surface area contributed by atoms with E-state index in [1.165, 1.54) is 11.3 Å². The molecule has 3 amide bonds. The van der Waals surface area contributed by atoms with E-state index in [0.717, 1.165) is 36.3 Å². The number of nitrogens with zero attached hydrogens (tertiary/aromatic N) is 2. The Morgan fingerprint density at radius 3 is 2.58 bits per heavy atom. The molecule has 2 aliphatic rings. The summed E-state index contributed by atoms with van der Waals surface area (Å²) in [5.41, 5.74) is 0.996. The number of rotatable bonds is 7. The molecule has 2 aromatic rings. The number of benzene rings is 1. The van der Waals surface area contributed by atoms with Crippen LogP contribution in [0.4, 0.5) is 9.93 Å². The van der Waals surface area contributed by atoms with E-state index in [2.05, 4.69) is 26.1 Å². The van der Waals surface area contributed by atoms with Crippen molar-refractivity contribution in [2.75, 3.05) is 5.32 Å². The number of aromatic nitrogens is 2. The molecule has 7 nitrogen and oxygen atoms in total. The Hall–Kier alpha value is -2.48. The van der Waals surface area contributed by atoms with Crippen LogP contribution < -0.4 is 16.0 Å². The zero-order valence-electron chi connectivity index (χ0n) is 14.3. The minimum Gasteiger partial charge on any atom is -0.352 e. The van der Waals surface area contributed by atoms with Crippen molar-refractivity contribution < 1.29 is 9.59 Å². The summed E-state index contributed by atoms with van der Waals surface area (Å²) in [6.45, 7) is 0. The summed E-state index contributed by atoms with van der Waals surface area (Å²) in [5, 5.41) is 18.0. The minimum absolute atomic E-state index is 0.151. The van der Waals surface area contributed by atoms with Gasteiger partial charge in [0, 0.05) is 18.4 Å². The summed E-state index contributed by atoms with van der Waals surface area (Å²) in [7, 11) is 0. The minimum atomic E-state index is -0.631. The van der Waals surface area contributed by atoms with Crippen LogP contribution in [0.25, 0.3) is 0 Å². The second-order valence-corrected chi connectivity index (χ2v) is 7.85. The van der Waals surface area contributed by atoms with Crippen molar-refractivity contribution in [3.05, 3.63) is 40.9 Å². The second kappa shape index (κ2) is 7.41. The molecule has 2 aliphatic carbocycles. The number of nitrogens with one attached hydrogen (secondary N) is 3. The summed E-state index contributed by atoms with van der Waals surface area (Å²) >= 11 is 1.40. The molecule has 1 atom stereocenters. The fourth-order valence-electron chi connectivity index (χ4n) is 2.66. The Morgan fingerprint density at radius 2 is 1.88 bits per heavy atom. The lowest BCUT2D eigenvalue weighted by Gasteiger charge is -2.18. The smallest absolute Gasteiger partial charge is 0.321 e. The molecule has 136 valence electrons. The van der Waals surface area contributed by atoms with Crippen LogP contribution in [0, 0.1) is 0 Å². The lowest BCUT2D eigenvalue weighted by molar-refractivity contribution is -0.123. The quantitative estimate of drug-likeness (QED) is 0.696. The monoisotopic (exact) mass is 371 g/mol. The fraction of sp³-hybridized carbons (Fsp3) is 0.444. The first-order valence-electron chi connectivity index (χ1n) is 8.92. The van der Waals surface area contributed by atoms with Crippen molar-refractivity contribution in [3.63, 3.8) is 0 Å². The molecule has 0 bridgehead atoms. The van der Waals surface area contributed by atoms with Crippen LogP contribution in [-0.2, 0) is 11.2 Å². The third-order valence-corrected chi connectivity index (χ3v) is 5.42.